The van der Waals surface area contributed by atoms with E-state index < -0.39 is 9.84 Å². The second-order valence-electron chi connectivity index (χ2n) is 5.18. The molecule has 5 heteroatoms. The molecule has 0 aliphatic carbocycles. The maximum Gasteiger partial charge on any atom is 0.147 e. The normalized spacial score (nSPS) is 34.2. The van der Waals surface area contributed by atoms with Crippen molar-refractivity contribution in [3.8, 4) is 0 Å². The van der Waals surface area contributed by atoms with Gasteiger partial charge >= 0.3 is 0 Å². The third-order valence-corrected chi connectivity index (χ3v) is 4.76. The molecule has 0 radical (unpaired) electrons. The molecule has 2 aliphatic rings. The van der Waals surface area contributed by atoms with Crippen LogP contribution in [-0.4, -0.2) is 57.5 Å². The molecule has 2 aliphatic heterocycles. The number of rotatable bonds is 5. The summed E-state index contributed by atoms with van der Waals surface area (Å²) in [6, 6.07) is 0.623. The molecule has 94 valence electrons. The van der Waals surface area contributed by atoms with E-state index in [9.17, 15) is 8.42 Å². The van der Waals surface area contributed by atoms with E-state index in [2.05, 4.69) is 10.2 Å². The fourth-order valence-electron chi connectivity index (χ4n) is 2.84. The Morgan fingerprint density at radius 3 is 2.81 bits per heavy atom. The van der Waals surface area contributed by atoms with Crippen molar-refractivity contribution in [2.45, 2.75) is 25.3 Å². The van der Waals surface area contributed by atoms with Crippen molar-refractivity contribution in [2.24, 2.45) is 5.92 Å². The molecule has 2 rings (SSSR count). The van der Waals surface area contributed by atoms with Crippen molar-refractivity contribution >= 4 is 9.84 Å². The molecule has 0 saturated carbocycles. The minimum atomic E-state index is -2.79. The first-order chi connectivity index (χ1) is 7.54. The zero-order chi connectivity index (χ0) is 11.6. The van der Waals surface area contributed by atoms with Crippen LogP contribution < -0.4 is 5.32 Å². The Labute approximate surface area is 98.3 Å². The van der Waals surface area contributed by atoms with E-state index in [0.717, 1.165) is 18.9 Å². The molecule has 0 aromatic heterocycles. The molecule has 3 unspecified atom stereocenters. The summed E-state index contributed by atoms with van der Waals surface area (Å²) < 4.78 is 22.0. The van der Waals surface area contributed by atoms with Crippen LogP contribution in [0.1, 0.15) is 19.3 Å². The van der Waals surface area contributed by atoms with Gasteiger partial charge in [0.05, 0.1) is 5.75 Å². The lowest BCUT2D eigenvalue weighted by Crippen LogP contribution is -2.44. The molecule has 16 heavy (non-hydrogen) atoms. The van der Waals surface area contributed by atoms with Crippen LogP contribution in [0.4, 0.5) is 0 Å². The van der Waals surface area contributed by atoms with Crippen LogP contribution in [0, 0.1) is 5.92 Å². The Morgan fingerprint density at radius 1 is 1.31 bits per heavy atom. The summed E-state index contributed by atoms with van der Waals surface area (Å²) in [5.41, 5.74) is 0. The van der Waals surface area contributed by atoms with Crippen LogP contribution in [0.15, 0.2) is 0 Å². The summed E-state index contributed by atoms with van der Waals surface area (Å²) in [5.74, 6) is 1.11. The number of fused-ring (bicyclic) bond motifs is 2. The van der Waals surface area contributed by atoms with Gasteiger partial charge in [-0.1, -0.05) is 0 Å². The highest BCUT2D eigenvalue weighted by molar-refractivity contribution is 7.90. The molecular formula is C11H22N2O2S. The quantitative estimate of drug-likeness (QED) is 0.699. The predicted molar refractivity (Wildman–Crippen MR) is 65.3 cm³/mol. The summed E-state index contributed by atoms with van der Waals surface area (Å²) in [4.78, 5) is 2.53. The van der Waals surface area contributed by atoms with Crippen LogP contribution >= 0.6 is 0 Å². The van der Waals surface area contributed by atoms with Gasteiger partial charge in [-0.25, -0.2) is 8.42 Å². The Kier molecular flexibility index (Phi) is 3.87. The van der Waals surface area contributed by atoms with Crippen LogP contribution in [0.5, 0.6) is 0 Å². The monoisotopic (exact) mass is 246 g/mol. The van der Waals surface area contributed by atoms with Gasteiger partial charge in [0.2, 0.25) is 0 Å². The summed E-state index contributed by atoms with van der Waals surface area (Å²) >= 11 is 0. The average molecular weight is 246 g/mol. The molecule has 0 aromatic carbocycles. The largest absolute Gasteiger partial charge is 0.314 e. The highest BCUT2D eigenvalue weighted by atomic mass is 32.2. The number of sulfone groups is 1. The number of hydrogen-bond acceptors (Lipinski definition) is 4. The Balaban J connectivity index is 1.66. The molecular weight excluding hydrogens is 224 g/mol. The van der Waals surface area contributed by atoms with E-state index in [1.807, 2.05) is 0 Å². The molecule has 0 amide bonds. The molecule has 3 atom stereocenters. The van der Waals surface area contributed by atoms with Gasteiger partial charge in [-0.3, -0.25) is 0 Å². The van der Waals surface area contributed by atoms with E-state index in [4.69, 9.17) is 0 Å². The van der Waals surface area contributed by atoms with E-state index in [1.165, 1.54) is 38.7 Å². The molecule has 4 nitrogen and oxygen atoms in total. The van der Waals surface area contributed by atoms with Gasteiger partial charge in [-0.2, -0.15) is 0 Å². The molecule has 2 heterocycles. The average Bonchev–Trinajstić information content (AvgIpc) is 2.57. The summed E-state index contributed by atoms with van der Waals surface area (Å²) in [6.45, 7) is 4.55. The zero-order valence-electron chi connectivity index (χ0n) is 9.98. The number of hydrogen-bond donors (Lipinski definition) is 1. The maximum absolute atomic E-state index is 11.0. The molecule has 2 bridgehead atoms. The van der Waals surface area contributed by atoms with Crippen molar-refractivity contribution < 1.29 is 8.42 Å². The van der Waals surface area contributed by atoms with Crippen LogP contribution in [0.25, 0.3) is 0 Å². The highest BCUT2D eigenvalue weighted by Crippen LogP contribution is 2.26. The number of nitrogens with zero attached hydrogens (tertiary/aromatic N) is 1. The fraction of sp³-hybridized carbons (Fsp3) is 1.00. The van der Waals surface area contributed by atoms with Gasteiger partial charge < -0.3 is 10.2 Å². The molecule has 0 spiro atoms. The van der Waals surface area contributed by atoms with E-state index in [0.29, 0.717) is 11.8 Å². The third-order valence-electron chi connectivity index (χ3n) is 3.73. The molecule has 2 fully saturated rings. The lowest BCUT2D eigenvalue weighted by molar-refractivity contribution is 0.222. The molecule has 2 saturated heterocycles. The van der Waals surface area contributed by atoms with Crippen molar-refractivity contribution in [1.82, 2.24) is 10.2 Å². The lowest BCUT2D eigenvalue weighted by atomic mass is 9.94. The highest BCUT2D eigenvalue weighted by Gasteiger charge is 2.33. The van der Waals surface area contributed by atoms with Crippen LogP contribution in [0.2, 0.25) is 0 Å². The second kappa shape index (κ2) is 5.02. The van der Waals surface area contributed by atoms with Gasteiger partial charge in [0.25, 0.3) is 0 Å². The Bertz CT molecular complexity index is 329. The maximum atomic E-state index is 11.0. The first kappa shape index (κ1) is 12.3. The van der Waals surface area contributed by atoms with Gasteiger partial charge in [-0.15, -0.1) is 0 Å². The zero-order valence-corrected chi connectivity index (χ0v) is 10.8. The summed E-state index contributed by atoms with van der Waals surface area (Å²) in [7, 11) is -2.79. The van der Waals surface area contributed by atoms with Gasteiger partial charge in [0.1, 0.15) is 9.84 Å². The van der Waals surface area contributed by atoms with Crippen molar-refractivity contribution in [3.63, 3.8) is 0 Å². The number of nitrogens with one attached hydrogen (secondary N) is 1. The SMILES string of the molecule is CS(=O)(=O)CCCNC1CCN2CCC1C2. The standard InChI is InChI=1S/C11H22N2O2S/c1-16(14,15)8-2-5-12-11-4-7-13-6-3-10(11)9-13/h10-12H,2-9H2,1H3. The number of piperidine rings is 1. The lowest BCUT2D eigenvalue weighted by Gasteiger charge is -2.31. The predicted octanol–water partition coefficient (Wildman–Crippen LogP) is 0.105. The van der Waals surface area contributed by atoms with E-state index in [1.54, 1.807) is 0 Å². The fourth-order valence-corrected chi connectivity index (χ4v) is 3.51. The molecule has 0 aromatic rings. The Hall–Kier alpha value is -0.130. The second-order valence-corrected chi connectivity index (χ2v) is 7.44. The van der Waals surface area contributed by atoms with E-state index in [-0.39, 0.29) is 0 Å². The van der Waals surface area contributed by atoms with Gasteiger partial charge in [-0.05, 0) is 44.8 Å². The first-order valence-electron chi connectivity index (χ1n) is 6.18. The van der Waals surface area contributed by atoms with Crippen molar-refractivity contribution in [2.75, 3.05) is 38.2 Å². The molecule has 1 N–H and O–H groups in total. The topological polar surface area (TPSA) is 49.4 Å². The van der Waals surface area contributed by atoms with Gasteiger partial charge in [0, 0.05) is 18.8 Å². The van der Waals surface area contributed by atoms with Crippen molar-refractivity contribution in [1.29, 1.82) is 0 Å². The van der Waals surface area contributed by atoms with E-state index >= 15 is 0 Å². The van der Waals surface area contributed by atoms with Gasteiger partial charge in [0.15, 0.2) is 0 Å². The first-order valence-corrected chi connectivity index (χ1v) is 8.24. The summed E-state index contributed by atoms with van der Waals surface area (Å²) in [5, 5.41) is 3.53. The minimum absolute atomic E-state index is 0.309. The summed E-state index contributed by atoms with van der Waals surface area (Å²) in [6.07, 6.45) is 4.58. The van der Waals surface area contributed by atoms with Crippen LogP contribution in [0.3, 0.4) is 0 Å². The minimum Gasteiger partial charge on any atom is -0.314 e. The smallest absolute Gasteiger partial charge is 0.147 e. The van der Waals surface area contributed by atoms with Crippen molar-refractivity contribution in [3.05, 3.63) is 0 Å². The Morgan fingerprint density at radius 2 is 2.06 bits per heavy atom. The third kappa shape index (κ3) is 3.43. The van der Waals surface area contributed by atoms with Crippen LogP contribution in [-0.2, 0) is 9.84 Å².